The van der Waals surface area contributed by atoms with Gasteiger partial charge in [0.05, 0.1) is 0 Å². The van der Waals surface area contributed by atoms with Crippen LogP contribution in [-0.2, 0) is 8.85 Å². The van der Waals surface area contributed by atoms with Crippen LogP contribution in [0.5, 0.6) is 0 Å². The van der Waals surface area contributed by atoms with Crippen molar-refractivity contribution in [2.75, 3.05) is 5.75 Å². The molecule has 0 unspecified atom stereocenters. The van der Waals surface area contributed by atoms with Crippen LogP contribution in [0.25, 0.3) is 0 Å². The minimum absolute atomic E-state index is 0.297. The van der Waals surface area contributed by atoms with E-state index in [9.17, 15) is 0 Å². The second kappa shape index (κ2) is 5.54. The van der Waals surface area contributed by atoms with Crippen molar-refractivity contribution in [1.29, 1.82) is 0 Å². The largest absolute Gasteiger partial charge is 0.406 e. The summed E-state index contributed by atoms with van der Waals surface area (Å²) in [7, 11) is -1.89. The Bertz CT molecular complexity index is 156. The zero-order chi connectivity index (χ0) is 10.6. The van der Waals surface area contributed by atoms with E-state index in [1.165, 1.54) is 18.6 Å². The van der Waals surface area contributed by atoms with Gasteiger partial charge < -0.3 is 8.85 Å². The number of rotatable bonds is 4. The minimum Gasteiger partial charge on any atom is -0.384 e. The molecular weight excluding hydrogens is 212 g/mol. The maximum absolute atomic E-state index is 6.07. The molecule has 0 aromatic carbocycles. The van der Waals surface area contributed by atoms with E-state index in [1.807, 2.05) is 11.2 Å². The highest BCUT2D eigenvalue weighted by Crippen LogP contribution is 2.36. The van der Waals surface area contributed by atoms with E-state index in [0.717, 1.165) is 6.04 Å². The third-order valence-corrected chi connectivity index (χ3v) is 8.71. The van der Waals surface area contributed by atoms with Crippen LogP contribution in [0, 0.1) is 0 Å². The molecular formula is C10H22O2SSi. The summed E-state index contributed by atoms with van der Waals surface area (Å²) < 4.78 is 12.1. The van der Waals surface area contributed by atoms with Crippen molar-refractivity contribution in [2.45, 2.75) is 58.8 Å². The van der Waals surface area contributed by atoms with E-state index in [2.05, 4.69) is 27.7 Å². The monoisotopic (exact) mass is 234 g/mol. The van der Waals surface area contributed by atoms with Crippen molar-refractivity contribution < 1.29 is 8.85 Å². The minimum atomic E-state index is -1.89. The van der Waals surface area contributed by atoms with Gasteiger partial charge in [0.1, 0.15) is 0 Å². The van der Waals surface area contributed by atoms with Gasteiger partial charge in [-0.25, -0.2) is 0 Å². The fraction of sp³-hybridized carbons (Fsp3) is 1.00. The van der Waals surface area contributed by atoms with Gasteiger partial charge in [-0.2, -0.15) is 0 Å². The average Bonchev–Trinajstić information content (AvgIpc) is 2.01. The number of hydrogen-bond acceptors (Lipinski definition) is 3. The van der Waals surface area contributed by atoms with Crippen LogP contribution in [0.1, 0.15) is 40.5 Å². The molecule has 2 nitrogen and oxygen atoms in total. The summed E-state index contributed by atoms with van der Waals surface area (Å²) in [6.07, 6.45) is 3.19. The molecule has 0 aliphatic carbocycles. The molecule has 1 fully saturated rings. The first-order valence-corrected chi connectivity index (χ1v) is 9.27. The fourth-order valence-electron chi connectivity index (χ4n) is 1.68. The molecule has 1 aliphatic heterocycles. The zero-order valence-electron chi connectivity index (χ0n) is 9.71. The second-order valence-corrected chi connectivity index (χ2v) is 10.1. The van der Waals surface area contributed by atoms with Crippen LogP contribution in [0.2, 0.25) is 6.04 Å². The Morgan fingerprint density at radius 3 is 1.93 bits per heavy atom. The molecule has 4 heteroatoms. The predicted octanol–water partition coefficient (Wildman–Crippen LogP) is 3.30. The van der Waals surface area contributed by atoms with E-state index in [4.69, 9.17) is 8.85 Å². The Balaban J connectivity index is 2.57. The zero-order valence-corrected chi connectivity index (χ0v) is 11.5. The molecule has 0 aromatic heterocycles. The molecule has 0 bridgehead atoms. The van der Waals surface area contributed by atoms with Gasteiger partial charge in [0, 0.05) is 18.3 Å². The summed E-state index contributed by atoms with van der Waals surface area (Å²) in [5.74, 6) is 1.21. The normalized spacial score (nSPS) is 21.9. The van der Waals surface area contributed by atoms with Gasteiger partial charge >= 0.3 is 7.71 Å². The summed E-state index contributed by atoms with van der Waals surface area (Å²) in [6, 6.07) is 1.16. The molecule has 84 valence electrons. The second-order valence-electron chi connectivity index (χ2n) is 4.32. The van der Waals surface area contributed by atoms with E-state index in [1.54, 1.807) is 0 Å². The van der Waals surface area contributed by atoms with Gasteiger partial charge in [-0.3, -0.25) is 0 Å². The molecule has 14 heavy (non-hydrogen) atoms. The van der Waals surface area contributed by atoms with Crippen molar-refractivity contribution in [3.8, 4) is 0 Å². The van der Waals surface area contributed by atoms with Crippen LogP contribution in [0.15, 0.2) is 0 Å². The smallest absolute Gasteiger partial charge is 0.384 e. The topological polar surface area (TPSA) is 18.5 Å². The molecule has 0 atom stereocenters. The maximum Gasteiger partial charge on any atom is 0.406 e. The lowest BCUT2D eigenvalue weighted by molar-refractivity contribution is 0.121. The third-order valence-electron chi connectivity index (χ3n) is 2.03. The Morgan fingerprint density at radius 2 is 1.57 bits per heavy atom. The van der Waals surface area contributed by atoms with Crippen molar-refractivity contribution >= 4 is 18.9 Å². The predicted molar refractivity (Wildman–Crippen MR) is 64.7 cm³/mol. The standard InChI is InChI=1S/C10H22O2SSi/c1-9(2)11-14(12-10(3)4)8-6-5-7-13-14/h9-10H,5-8H2,1-4H3. The molecule has 1 saturated heterocycles. The molecule has 0 radical (unpaired) electrons. The van der Waals surface area contributed by atoms with Gasteiger partial charge in [-0.1, -0.05) is 0 Å². The van der Waals surface area contributed by atoms with E-state index in [0.29, 0.717) is 12.2 Å². The lowest BCUT2D eigenvalue weighted by atomic mass is 10.4. The summed E-state index contributed by atoms with van der Waals surface area (Å²) in [5.41, 5.74) is 0. The van der Waals surface area contributed by atoms with Crippen LogP contribution >= 0.6 is 11.2 Å². The van der Waals surface area contributed by atoms with Gasteiger partial charge in [0.2, 0.25) is 0 Å². The maximum atomic E-state index is 6.07. The first-order valence-electron chi connectivity index (χ1n) is 5.54. The lowest BCUT2D eigenvalue weighted by Gasteiger charge is -2.35. The molecule has 0 aromatic rings. The quantitative estimate of drug-likeness (QED) is 0.695. The van der Waals surface area contributed by atoms with Gasteiger partial charge in [0.15, 0.2) is 0 Å². The summed E-state index contributed by atoms with van der Waals surface area (Å²) >= 11 is 1.96. The Hall–Kier alpha value is 0.487. The molecule has 0 N–H and O–H groups in total. The molecule has 0 spiro atoms. The van der Waals surface area contributed by atoms with Crippen LogP contribution in [0.3, 0.4) is 0 Å². The van der Waals surface area contributed by atoms with Crippen molar-refractivity contribution in [1.82, 2.24) is 0 Å². The summed E-state index contributed by atoms with van der Waals surface area (Å²) in [5, 5.41) is 0. The van der Waals surface area contributed by atoms with E-state index < -0.39 is 7.71 Å². The molecule has 1 heterocycles. The Morgan fingerprint density at radius 1 is 1.00 bits per heavy atom. The van der Waals surface area contributed by atoms with Crippen LogP contribution < -0.4 is 0 Å². The van der Waals surface area contributed by atoms with Gasteiger partial charge in [-0.15, -0.1) is 11.2 Å². The highest BCUT2D eigenvalue weighted by Gasteiger charge is 2.42. The Labute approximate surface area is 92.6 Å². The highest BCUT2D eigenvalue weighted by molar-refractivity contribution is 8.27. The average molecular weight is 234 g/mol. The van der Waals surface area contributed by atoms with E-state index in [-0.39, 0.29) is 0 Å². The first-order chi connectivity index (χ1) is 6.54. The SMILES string of the molecule is CC(C)O[Si]1(OC(C)C)CCCCS1. The highest BCUT2D eigenvalue weighted by atomic mass is 32.4. The fourth-order valence-corrected chi connectivity index (χ4v) is 8.82. The molecule has 0 amide bonds. The van der Waals surface area contributed by atoms with E-state index >= 15 is 0 Å². The summed E-state index contributed by atoms with van der Waals surface area (Å²) in [4.78, 5) is 0. The number of hydrogen-bond donors (Lipinski definition) is 0. The van der Waals surface area contributed by atoms with Crippen LogP contribution in [-0.4, -0.2) is 25.7 Å². The molecule has 1 aliphatic rings. The third kappa shape index (κ3) is 3.93. The lowest BCUT2D eigenvalue weighted by Crippen LogP contribution is -2.45. The molecule has 0 saturated carbocycles. The van der Waals surface area contributed by atoms with Gasteiger partial charge in [-0.05, 0) is 46.3 Å². The summed E-state index contributed by atoms with van der Waals surface area (Å²) in [6.45, 7) is 8.42. The Kier molecular flexibility index (Phi) is 4.97. The van der Waals surface area contributed by atoms with Gasteiger partial charge in [0.25, 0.3) is 0 Å². The van der Waals surface area contributed by atoms with Crippen molar-refractivity contribution in [3.63, 3.8) is 0 Å². The van der Waals surface area contributed by atoms with Crippen molar-refractivity contribution in [2.24, 2.45) is 0 Å². The first kappa shape index (κ1) is 12.6. The molecule has 1 rings (SSSR count). The van der Waals surface area contributed by atoms with Crippen molar-refractivity contribution in [3.05, 3.63) is 0 Å². The van der Waals surface area contributed by atoms with Crippen LogP contribution in [0.4, 0.5) is 0 Å².